The van der Waals surface area contributed by atoms with Gasteiger partial charge in [0.15, 0.2) is 0 Å². The first-order chi connectivity index (χ1) is 9.82. The van der Waals surface area contributed by atoms with Crippen LogP contribution in [0.2, 0.25) is 0 Å². The van der Waals surface area contributed by atoms with Crippen LogP contribution in [0, 0.1) is 11.3 Å². The van der Waals surface area contributed by atoms with Crippen LogP contribution in [0.5, 0.6) is 5.75 Å². The molecule has 1 aliphatic rings. The molecular formula is C16H21NO3. The summed E-state index contributed by atoms with van der Waals surface area (Å²) in [4.78, 5) is 0. The number of nitrogens with zero attached hydrogens (tertiary/aromatic N) is 1. The molecule has 0 radical (unpaired) electrons. The fourth-order valence-electron chi connectivity index (χ4n) is 2.61. The average molecular weight is 275 g/mol. The van der Waals surface area contributed by atoms with Gasteiger partial charge in [0, 0.05) is 25.7 Å². The Bertz CT molecular complexity index is 469. The second-order valence-electron chi connectivity index (χ2n) is 5.00. The van der Waals surface area contributed by atoms with Gasteiger partial charge in [0.05, 0.1) is 31.3 Å². The lowest BCUT2D eigenvalue weighted by atomic mass is 9.74. The quantitative estimate of drug-likeness (QED) is 0.718. The Kier molecular flexibility index (Phi) is 5.40. The van der Waals surface area contributed by atoms with Crippen molar-refractivity contribution in [3.8, 4) is 11.8 Å². The van der Waals surface area contributed by atoms with E-state index in [-0.39, 0.29) is 0 Å². The molecule has 0 aromatic heterocycles. The summed E-state index contributed by atoms with van der Waals surface area (Å²) < 4.78 is 16.0. The molecule has 0 amide bonds. The molecule has 4 heteroatoms. The molecule has 1 unspecified atom stereocenters. The van der Waals surface area contributed by atoms with Gasteiger partial charge in [0.1, 0.15) is 5.75 Å². The summed E-state index contributed by atoms with van der Waals surface area (Å²) in [6.07, 6.45) is 2.42. The van der Waals surface area contributed by atoms with Gasteiger partial charge in [-0.15, -0.1) is 0 Å². The van der Waals surface area contributed by atoms with E-state index in [1.807, 2.05) is 24.3 Å². The van der Waals surface area contributed by atoms with E-state index in [2.05, 4.69) is 6.07 Å². The normalized spacial score (nSPS) is 20.8. The van der Waals surface area contributed by atoms with Crippen LogP contribution in [0.4, 0.5) is 0 Å². The van der Waals surface area contributed by atoms with Crippen molar-refractivity contribution < 1.29 is 14.2 Å². The largest absolute Gasteiger partial charge is 0.493 e. The predicted octanol–water partition coefficient (Wildman–Crippen LogP) is 2.67. The lowest BCUT2D eigenvalue weighted by molar-refractivity contribution is 0.0663. The van der Waals surface area contributed by atoms with Crippen molar-refractivity contribution in [2.24, 2.45) is 0 Å². The molecule has 1 aliphatic heterocycles. The van der Waals surface area contributed by atoms with Gasteiger partial charge in [-0.05, 0) is 18.9 Å². The zero-order chi connectivity index (χ0) is 14.3. The summed E-state index contributed by atoms with van der Waals surface area (Å²) in [6.45, 7) is 2.49. The van der Waals surface area contributed by atoms with Crippen molar-refractivity contribution in [1.82, 2.24) is 0 Å². The van der Waals surface area contributed by atoms with Crippen LogP contribution in [0.1, 0.15) is 24.8 Å². The Balaban J connectivity index is 1.96. The molecule has 0 fully saturated rings. The first-order valence-corrected chi connectivity index (χ1v) is 7.03. The highest BCUT2D eigenvalue weighted by Crippen LogP contribution is 2.41. The van der Waals surface area contributed by atoms with Crippen LogP contribution in [-0.4, -0.2) is 33.5 Å². The Morgan fingerprint density at radius 1 is 1.30 bits per heavy atom. The average Bonchev–Trinajstić information content (AvgIpc) is 2.51. The topological polar surface area (TPSA) is 51.5 Å². The highest BCUT2D eigenvalue weighted by molar-refractivity contribution is 5.45. The standard InChI is InChI=1S/C16H21NO3/c1-18-11-12-19-9-4-7-16(13-17)8-10-20-15-6-3-2-5-14(15)16/h2-3,5-6H,4,7-12H2,1H3. The van der Waals surface area contributed by atoms with E-state index >= 15 is 0 Å². The second kappa shape index (κ2) is 7.28. The van der Waals surface area contributed by atoms with E-state index in [0.717, 1.165) is 30.6 Å². The third-order valence-electron chi connectivity index (χ3n) is 3.73. The summed E-state index contributed by atoms with van der Waals surface area (Å²) in [5.41, 5.74) is 0.588. The van der Waals surface area contributed by atoms with Gasteiger partial charge in [-0.25, -0.2) is 0 Å². The van der Waals surface area contributed by atoms with Gasteiger partial charge in [0.2, 0.25) is 0 Å². The van der Waals surface area contributed by atoms with Gasteiger partial charge >= 0.3 is 0 Å². The van der Waals surface area contributed by atoms with Crippen LogP contribution < -0.4 is 4.74 Å². The smallest absolute Gasteiger partial charge is 0.124 e. The Morgan fingerprint density at radius 3 is 2.95 bits per heavy atom. The lowest BCUT2D eigenvalue weighted by Gasteiger charge is -2.33. The molecule has 2 rings (SSSR count). The zero-order valence-corrected chi connectivity index (χ0v) is 11.9. The van der Waals surface area contributed by atoms with Crippen molar-refractivity contribution >= 4 is 0 Å². The van der Waals surface area contributed by atoms with Crippen molar-refractivity contribution in [2.75, 3.05) is 33.5 Å². The minimum atomic E-state index is -0.431. The number of fused-ring (bicyclic) bond motifs is 1. The first-order valence-electron chi connectivity index (χ1n) is 7.03. The van der Waals surface area contributed by atoms with Crippen LogP contribution >= 0.6 is 0 Å². The Hall–Kier alpha value is -1.57. The molecule has 1 atom stereocenters. The third-order valence-corrected chi connectivity index (χ3v) is 3.73. The summed E-state index contributed by atoms with van der Waals surface area (Å²) in [6, 6.07) is 10.4. The number of hydrogen-bond acceptors (Lipinski definition) is 4. The number of para-hydroxylation sites is 1. The number of methoxy groups -OCH3 is 1. The highest BCUT2D eigenvalue weighted by atomic mass is 16.5. The van der Waals surface area contributed by atoms with Crippen LogP contribution in [0.15, 0.2) is 24.3 Å². The summed E-state index contributed by atoms with van der Waals surface area (Å²) in [5.74, 6) is 0.848. The maximum atomic E-state index is 9.66. The van der Waals surface area contributed by atoms with E-state index < -0.39 is 5.41 Å². The molecule has 20 heavy (non-hydrogen) atoms. The zero-order valence-electron chi connectivity index (χ0n) is 11.9. The van der Waals surface area contributed by atoms with E-state index in [0.29, 0.717) is 26.4 Å². The van der Waals surface area contributed by atoms with Crippen molar-refractivity contribution in [3.05, 3.63) is 29.8 Å². The lowest BCUT2D eigenvalue weighted by Crippen LogP contribution is -2.31. The molecule has 0 aliphatic carbocycles. The van der Waals surface area contributed by atoms with Gasteiger partial charge in [-0.2, -0.15) is 5.26 Å². The SMILES string of the molecule is COCCOCCCC1(C#N)CCOc2ccccc21. The van der Waals surface area contributed by atoms with Crippen LogP contribution in [0.25, 0.3) is 0 Å². The van der Waals surface area contributed by atoms with E-state index in [1.54, 1.807) is 7.11 Å². The van der Waals surface area contributed by atoms with Crippen molar-refractivity contribution in [2.45, 2.75) is 24.7 Å². The molecule has 0 saturated heterocycles. The van der Waals surface area contributed by atoms with E-state index in [4.69, 9.17) is 14.2 Å². The molecular weight excluding hydrogens is 254 g/mol. The second-order valence-corrected chi connectivity index (χ2v) is 5.00. The van der Waals surface area contributed by atoms with E-state index in [1.165, 1.54) is 0 Å². The molecule has 0 spiro atoms. The monoisotopic (exact) mass is 275 g/mol. The fourth-order valence-corrected chi connectivity index (χ4v) is 2.61. The number of rotatable bonds is 7. The minimum Gasteiger partial charge on any atom is -0.493 e. The molecule has 0 saturated carbocycles. The Morgan fingerprint density at radius 2 is 2.15 bits per heavy atom. The molecule has 1 aromatic rings. The van der Waals surface area contributed by atoms with Gasteiger partial charge in [-0.3, -0.25) is 0 Å². The number of hydrogen-bond donors (Lipinski definition) is 0. The van der Waals surface area contributed by atoms with Gasteiger partial charge in [0.25, 0.3) is 0 Å². The summed E-state index contributed by atoms with van der Waals surface area (Å²) >= 11 is 0. The van der Waals surface area contributed by atoms with Gasteiger partial charge < -0.3 is 14.2 Å². The van der Waals surface area contributed by atoms with E-state index in [9.17, 15) is 5.26 Å². The maximum Gasteiger partial charge on any atom is 0.124 e. The van der Waals surface area contributed by atoms with Crippen molar-refractivity contribution in [3.63, 3.8) is 0 Å². The number of benzene rings is 1. The predicted molar refractivity (Wildman–Crippen MR) is 75.8 cm³/mol. The fraction of sp³-hybridized carbons (Fsp3) is 0.562. The molecule has 1 heterocycles. The Labute approximate surface area is 120 Å². The number of nitriles is 1. The minimum absolute atomic E-state index is 0.431. The number of ether oxygens (including phenoxy) is 3. The molecule has 0 N–H and O–H groups in total. The summed E-state index contributed by atoms with van der Waals surface area (Å²) in [7, 11) is 1.66. The van der Waals surface area contributed by atoms with Crippen LogP contribution in [-0.2, 0) is 14.9 Å². The third kappa shape index (κ3) is 3.30. The van der Waals surface area contributed by atoms with Crippen molar-refractivity contribution in [1.29, 1.82) is 5.26 Å². The first kappa shape index (κ1) is 14.8. The maximum absolute atomic E-state index is 9.66. The van der Waals surface area contributed by atoms with Crippen LogP contribution in [0.3, 0.4) is 0 Å². The van der Waals surface area contributed by atoms with Gasteiger partial charge in [-0.1, -0.05) is 18.2 Å². The molecule has 0 bridgehead atoms. The summed E-state index contributed by atoms with van der Waals surface area (Å²) in [5, 5.41) is 9.66. The highest BCUT2D eigenvalue weighted by Gasteiger charge is 2.37. The molecule has 1 aromatic carbocycles. The molecule has 108 valence electrons. The molecule has 4 nitrogen and oxygen atoms in total.